The summed E-state index contributed by atoms with van der Waals surface area (Å²) in [5.41, 5.74) is -0.649. The molecule has 0 saturated carbocycles. The van der Waals surface area contributed by atoms with Crippen LogP contribution in [0.4, 0.5) is 14.5 Å². The molecule has 3 nitrogen and oxygen atoms in total. The van der Waals surface area contributed by atoms with E-state index in [1.54, 1.807) is 25.3 Å². The second-order valence-electron chi connectivity index (χ2n) is 4.11. The van der Waals surface area contributed by atoms with Gasteiger partial charge in [-0.05, 0) is 32.9 Å². The lowest BCUT2D eigenvalue weighted by Gasteiger charge is -2.22. The number of aryl methyl sites for hydroxylation is 1. The largest absolute Gasteiger partial charge is 0.324 e. The van der Waals surface area contributed by atoms with Gasteiger partial charge in [-0.2, -0.15) is 0 Å². The molecule has 88 valence electrons. The van der Waals surface area contributed by atoms with Crippen molar-refractivity contribution in [2.45, 2.75) is 27.2 Å². The maximum Gasteiger partial charge on any atom is 0.252 e. The first-order valence-electron chi connectivity index (χ1n) is 4.87. The molecule has 0 radical (unpaired) electrons. The van der Waals surface area contributed by atoms with Crippen LogP contribution in [0.15, 0.2) is 18.3 Å². The van der Waals surface area contributed by atoms with Gasteiger partial charge >= 0.3 is 0 Å². The zero-order chi connectivity index (χ0) is 12.3. The van der Waals surface area contributed by atoms with Crippen LogP contribution in [0.3, 0.4) is 0 Å². The van der Waals surface area contributed by atoms with Gasteiger partial charge in [-0.1, -0.05) is 0 Å². The summed E-state index contributed by atoms with van der Waals surface area (Å²) in [5.74, 6) is -0.710. The van der Waals surface area contributed by atoms with E-state index >= 15 is 0 Å². The van der Waals surface area contributed by atoms with Crippen LogP contribution in [-0.4, -0.2) is 17.3 Å². The highest BCUT2D eigenvalue weighted by molar-refractivity contribution is 5.95. The van der Waals surface area contributed by atoms with Gasteiger partial charge in [-0.25, -0.2) is 8.78 Å². The predicted molar refractivity (Wildman–Crippen MR) is 57.4 cm³/mol. The number of carbonyl (C=O) groups excluding carboxylic acids is 1. The van der Waals surface area contributed by atoms with E-state index < -0.39 is 17.7 Å². The number of aromatic nitrogens is 1. The number of nitrogens with one attached hydrogen (secondary N) is 1. The number of pyridine rings is 1. The molecule has 5 heteroatoms. The maximum absolute atomic E-state index is 12.6. The van der Waals surface area contributed by atoms with E-state index in [-0.39, 0.29) is 0 Å². The Balaban J connectivity index is 2.84. The minimum absolute atomic E-state index is 0.459. The second kappa shape index (κ2) is 4.55. The Kier molecular flexibility index (Phi) is 3.57. The average molecular weight is 228 g/mol. The van der Waals surface area contributed by atoms with Crippen molar-refractivity contribution in [1.29, 1.82) is 0 Å². The number of anilines is 1. The molecular formula is C11H14F2N2O. The number of hydrogen-bond acceptors (Lipinski definition) is 2. The van der Waals surface area contributed by atoms with Gasteiger partial charge in [0, 0.05) is 6.20 Å². The number of hydrogen-bond donors (Lipinski definition) is 1. The molecule has 0 fully saturated rings. The summed E-state index contributed by atoms with van der Waals surface area (Å²) in [5, 5.41) is 2.45. The molecule has 1 aromatic rings. The van der Waals surface area contributed by atoms with Crippen molar-refractivity contribution in [3.63, 3.8) is 0 Å². The summed E-state index contributed by atoms with van der Waals surface area (Å²) in [7, 11) is 0. The molecule has 1 aromatic heterocycles. The first-order valence-corrected chi connectivity index (χ1v) is 4.87. The number of nitrogens with zero attached hydrogens (tertiary/aromatic N) is 1. The summed E-state index contributed by atoms with van der Waals surface area (Å²) in [6.07, 6.45) is -1.13. The number of alkyl halides is 2. The van der Waals surface area contributed by atoms with E-state index in [0.29, 0.717) is 11.4 Å². The molecule has 0 bridgehead atoms. The van der Waals surface area contributed by atoms with Gasteiger partial charge < -0.3 is 5.32 Å². The van der Waals surface area contributed by atoms with Gasteiger partial charge in [0.05, 0.1) is 11.4 Å². The topological polar surface area (TPSA) is 42.0 Å². The Labute approximate surface area is 92.9 Å². The third-order valence-electron chi connectivity index (χ3n) is 2.39. The van der Waals surface area contributed by atoms with Crippen molar-refractivity contribution in [3.8, 4) is 0 Å². The van der Waals surface area contributed by atoms with Gasteiger partial charge in [0.2, 0.25) is 5.91 Å². The number of rotatable bonds is 3. The fraction of sp³-hybridized carbons (Fsp3) is 0.455. The van der Waals surface area contributed by atoms with E-state index in [2.05, 4.69) is 10.3 Å². The molecule has 0 aliphatic carbocycles. The zero-order valence-corrected chi connectivity index (χ0v) is 9.42. The smallest absolute Gasteiger partial charge is 0.252 e. The van der Waals surface area contributed by atoms with Crippen molar-refractivity contribution in [3.05, 3.63) is 24.0 Å². The van der Waals surface area contributed by atoms with Gasteiger partial charge in [0.25, 0.3) is 6.43 Å². The molecule has 1 N–H and O–H groups in total. The first-order chi connectivity index (χ1) is 7.35. The molecule has 0 aromatic carbocycles. The van der Waals surface area contributed by atoms with Crippen LogP contribution in [0.2, 0.25) is 0 Å². The maximum atomic E-state index is 12.6. The standard InChI is InChI=1S/C11H14F2N2O/c1-7-8(5-4-6-14-7)15-10(16)11(2,3)9(12)13/h4-6,9H,1-3H3,(H,15,16). The van der Waals surface area contributed by atoms with Crippen molar-refractivity contribution in [1.82, 2.24) is 4.98 Å². The molecule has 0 aliphatic rings. The highest BCUT2D eigenvalue weighted by atomic mass is 19.3. The molecule has 0 unspecified atom stereocenters. The van der Waals surface area contributed by atoms with E-state index in [4.69, 9.17) is 0 Å². The lowest BCUT2D eigenvalue weighted by Crippen LogP contribution is -2.37. The van der Waals surface area contributed by atoms with E-state index in [1.807, 2.05) is 0 Å². The van der Waals surface area contributed by atoms with Crippen molar-refractivity contribution < 1.29 is 13.6 Å². The van der Waals surface area contributed by atoms with Gasteiger partial charge in [0.15, 0.2) is 0 Å². The number of amides is 1. The van der Waals surface area contributed by atoms with Crippen LogP contribution in [0, 0.1) is 12.3 Å². The van der Waals surface area contributed by atoms with Crippen molar-refractivity contribution >= 4 is 11.6 Å². The van der Waals surface area contributed by atoms with Crippen LogP contribution < -0.4 is 5.32 Å². The average Bonchev–Trinajstić information content (AvgIpc) is 2.21. The van der Waals surface area contributed by atoms with Crippen LogP contribution in [0.5, 0.6) is 0 Å². The van der Waals surface area contributed by atoms with Crippen molar-refractivity contribution in [2.24, 2.45) is 5.41 Å². The molecule has 1 heterocycles. The third-order valence-corrected chi connectivity index (χ3v) is 2.39. The summed E-state index contributed by atoms with van der Waals surface area (Å²) >= 11 is 0. The molecule has 0 aliphatic heterocycles. The summed E-state index contributed by atoms with van der Waals surface area (Å²) < 4.78 is 25.2. The third kappa shape index (κ3) is 2.53. The molecule has 16 heavy (non-hydrogen) atoms. The molecule has 1 amide bonds. The minimum Gasteiger partial charge on any atom is -0.324 e. The lowest BCUT2D eigenvalue weighted by molar-refractivity contribution is -0.131. The fourth-order valence-electron chi connectivity index (χ4n) is 0.999. The Morgan fingerprint density at radius 1 is 1.50 bits per heavy atom. The molecule has 0 spiro atoms. The van der Waals surface area contributed by atoms with E-state index in [1.165, 1.54) is 13.8 Å². The highest BCUT2D eigenvalue weighted by Gasteiger charge is 2.37. The van der Waals surface area contributed by atoms with Gasteiger partial charge in [-0.15, -0.1) is 0 Å². The molecule has 0 saturated heterocycles. The van der Waals surface area contributed by atoms with Gasteiger partial charge in [-0.3, -0.25) is 9.78 Å². The Bertz CT molecular complexity index is 391. The Morgan fingerprint density at radius 2 is 2.12 bits per heavy atom. The molecule has 1 rings (SSSR count). The molecular weight excluding hydrogens is 214 g/mol. The SMILES string of the molecule is Cc1ncccc1NC(=O)C(C)(C)C(F)F. The fourth-order valence-corrected chi connectivity index (χ4v) is 0.999. The lowest BCUT2D eigenvalue weighted by atomic mass is 9.93. The van der Waals surface area contributed by atoms with E-state index in [9.17, 15) is 13.6 Å². The van der Waals surface area contributed by atoms with Crippen LogP contribution in [-0.2, 0) is 4.79 Å². The monoisotopic (exact) mass is 228 g/mol. The van der Waals surface area contributed by atoms with Gasteiger partial charge in [0.1, 0.15) is 5.41 Å². The predicted octanol–water partition coefficient (Wildman–Crippen LogP) is 2.62. The Hall–Kier alpha value is -1.52. The normalized spacial score (nSPS) is 11.6. The highest BCUT2D eigenvalue weighted by Crippen LogP contribution is 2.26. The van der Waals surface area contributed by atoms with Crippen LogP contribution in [0.25, 0.3) is 0 Å². The minimum atomic E-state index is -2.70. The summed E-state index contributed by atoms with van der Waals surface area (Å²) in [6.45, 7) is 4.11. The second-order valence-corrected chi connectivity index (χ2v) is 4.11. The Morgan fingerprint density at radius 3 is 2.62 bits per heavy atom. The summed E-state index contributed by atoms with van der Waals surface area (Å²) in [6, 6.07) is 3.26. The zero-order valence-electron chi connectivity index (χ0n) is 9.42. The molecule has 0 atom stereocenters. The van der Waals surface area contributed by atoms with Crippen molar-refractivity contribution in [2.75, 3.05) is 5.32 Å². The summed E-state index contributed by atoms with van der Waals surface area (Å²) in [4.78, 5) is 15.6. The quantitative estimate of drug-likeness (QED) is 0.864. The number of halogens is 2. The first kappa shape index (κ1) is 12.5. The van der Waals surface area contributed by atoms with Crippen LogP contribution in [0.1, 0.15) is 19.5 Å². The number of carbonyl (C=O) groups is 1. The van der Waals surface area contributed by atoms with E-state index in [0.717, 1.165) is 0 Å². The van der Waals surface area contributed by atoms with Crippen LogP contribution >= 0.6 is 0 Å².